The van der Waals surface area contributed by atoms with Crippen molar-refractivity contribution in [3.8, 4) is 5.75 Å². The first-order chi connectivity index (χ1) is 15.8. The molecular formula is C23H27N3O6S. The van der Waals surface area contributed by atoms with Crippen molar-refractivity contribution in [2.45, 2.75) is 24.7 Å². The number of rotatable bonds is 7. The number of benzene rings is 2. The summed E-state index contributed by atoms with van der Waals surface area (Å²) in [6, 6.07) is 11.8. The van der Waals surface area contributed by atoms with E-state index in [2.05, 4.69) is 5.32 Å². The van der Waals surface area contributed by atoms with Crippen molar-refractivity contribution in [2.75, 3.05) is 49.7 Å². The van der Waals surface area contributed by atoms with Gasteiger partial charge in [0.2, 0.25) is 15.9 Å². The molecule has 0 atom stereocenters. The van der Waals surface area contributed by atoms with Crippen molar-refractivity contribution in [2.24, 2.45) is 0 Å². The number of morpholine rings is 1. The highest BCUT2D eigenvalue weighted by Crippen LogP contribution is 2.25. The van der Waals surface area contributed by atoms with Crippen molar-refractivity contribution < 1.29 is 27.5 Å². The van der Waals surface area contributed by atoms with Gasteiger partial charge in [-0.15, -0.1) is 0 Å². The highest BCUT2D eigenvalue weighted by Gasteiger charge is 2.28. The van der Waals surface area contributed by atoms with Gasteiger partial charge in [0.15, 0.2) is 6.61 Å². The maximum absolute atomic E-state index is 13.0. The van der Waals surface area contributed by atoms with Gasteiger partial charge in [0.1, 0.15) is 5.75 Å². The summed E-state index contributed by atoms with van der Waals surface area (Å²) in [5.74, 6) is 0.198. The van der Waals surface area contributed by atoms with Crippen LogP contribution < -0.4 is 15.0 Å². The Hall–Kier alpha value is -2.95. The number of sulfonamides is 1. The van der Waals surface area contributed by atoms with Gasteiger partial charge in [0.25, 0.3) is 5.91 Å². The van der Waals surface area contributed by atoms with Crippen LogP contribution in [-0.4, -0.2) is 64.0 Å². The molecule has 0 radical (unpaired) electrons. The van der Waals surface area contributed by atoms with Crippen molar-refractivity contribution in [3.63, 3.8) is 0 Å². The lowest BCUT2D eigenvalue weighted by Gasteiger charge is -2.26. The van der Waals surface area contributed by atoms with Crippen LogP contribution in [0.2, 0.25) is 0 Å². The van der Waals surface area contributed by atoms with Gasteiger partial charge in [-0.25, -0.2) is 8.42 Å². The molecule has 0 aromatic heterocycles. The van der Waals surface area contributed by atoms with E-state index in [0.29, 0.717) is 56.3 Å². The Kier molecular flexibility index (Phi) is 6.96. The Morgan fingerprint density at radius 1 is 1.09 bits per heavy atom. The van der Waals surface area contributed by atoms with Crippen molar-refractivity contribution in [1.82, 2.24) is 4.31 Å². The second kappa shape index (κ2) is 9.90. The summed E-state index contributed by atoms with van der Waals surface area (Å²) in [6.45, 7) is 3.53. The molecule has 2 aromatic carbocycles. The Labute approximate surface area is 193 Å². The summed E-state index contributed by atoms with van der Waals surface area (Å²) in [5.41, 5.74) is 1.79. The lowest BCUT2D eigenvalue weighted by molar-refractivity contribution is -0.118. The molecule has 0 bridgehead atoms. The Morgan fingerprint density at radius 3 is 2.48 bits per heavy atom. The van der Waals surface area contributed by atoms with Crippen LogP contribution in [0.1, 0.15) is 18.4 Å². The number of aryl methyl sites for hydroxylation is 1. The minimum Gasteiger partial charge on any atom is -0.484 e. The van der Waals surface area contributed by atoms with Crippen LogP contribution in [0.25, 0.3) is 0 Å². The average molecular weight is 474 g/mol. The van der Waals surface area contributed by atoms with Crippen LogP contribution in [0.4, 0.5) is 11.4 Å². The van der Waals surface area contributed by atoms with E-state index in [1.54, 1.807) is 48.2 Å². The summed E-state index contributed by atoms with van der Waals surface area (Å²) < 4.78 is 38.2. The molecule has 0 spiro atoms. The highest BCUT2D eigenvalue weighted by molar-refractivity contribution is 7.89. The third-order valence-electron chi connectivity index (χ3n) is 5.65. The molecule has 1 N–H and O–H groups in total. The number of hydrogen-bond donors (Lipinski definition) is 1. The van der Waals surface area contributed by atoms with E-state index in [4.69, 9.17) is 9.47 Å². The summed E-state index contributed by atoms with van der Waals surface area (Å²) in [5, 5.41) is 2.69. The van der Waals surface area contributed by atoms with Gasteiger partial charge in [-0.05, 0) is 55.3 Å². The molecule has 2 amide bonds. The van der Waals surface area contributed by atoms with E-state index in [1.165, 1.54) is 10.4 Å². The highest BCUT2D eigenvalue weighted by atomic mass is 32.2. The van der Waals surface area contributed by atoms with Gasteiger partial charge in [0.05, 0.1) is 18.1 Å². The van der Waals surface area contributed by atoms with Crippen LogP contribution in [0, 0.1) is 6.92 Å². The van der Waals surface area contributed by atoms with Crippen molar-refractivity contribution >= 4 is 33.2 Å². The van der Waals surface area contributed by atoms with Crippen molar-refractivity contribution in [3.05, 3.63) is 48.0 Å². The lowest BCUT2D eigenvalue weighted by Crippen LogP contribution is -2.40. The van der Waals surface area contributed by atoms with Crippen LogP contribution in [-0.2, 0) is 24.3 Å². The van der Waals surface area contributed by atoms with E-state index in [9.17, 15) is 18.0 Å². The molecule has 4 rings (SSSR count). The molecule has 2 aliphatic heterocycles. The molecule has 2 fully saturated rings. The zero-order chi connectivity index (χ0) is 23.4. The van der Waals surface area contributed by atoms with Crippen molar-refractivity contribution in [1.29, 1.82) is 0 Å². The standard InChI is InChI=1S/C23H27N3O6S/c1-17-4-5-18(15-21(17)33(29,30)25-11-13-31-14-12-25)24-22(27)16-32-20-8-6-19(7-9-20)26-10-2-3-23(26)28/h4-9,15H,2-3,10-14,16H2,1H3,(H,24,27). The number of carbonyl (C=O) groups excluding carboxylic acids is 2. The van der Waals surface area contributed by atoms with Gasteiger partial charge in [-0.3, -0.25) is 9.59 Å². The largest absolute Gasteiger partial charge is 0.484 e. The topological polar surface area (TPSA) is 105 Å². The molecule has 10 heteroatoms. The molecule has 176 valence electrons. The maximum Gasteiger partial charge on any atom is 0.262 e. The van der Waals surface area contributed by atoms with Crippen LogP contribution in [0.5, 0.6) is 5.75 Å². The minimum absolute atomic E-state index is 0.108. The second-order valence-corrected chi connectivity index (χ2v) is 9.88. The lowest BCUT2D eigenvalue weighted by atomic mass is 10.2. The van der Waals surface area contributed by atoms with E-state index in [-0.39, 0.29) is 17.4 Å². The van der Waals surface area contributed by atoms with Crippen LogP contribution in [0.3, 0.4) is 0 Å². The van der Waals surface area contributed by atoms with Gasteiger partial charge in [-0.1, -0.05) is 6.07 Å². The third-order valence-corrected chi connectivity index (χ3v) is 7.69. The van der Waals surface area contributed by atoms with Gasteiger partial charge >= 0.3 is 0 Å². The Morgan fingerprint density at radius 2 is 1.82 bits per heavy atom. The number of hydrogen-bond acceptors (Lipinski definition) is 6. The SMILES string of the molecule is Cc1ccc(NC(=O)COc2ccc(N3CCCC3=O)cc2)cc1S(=O)(=O)N1CCOCC1. The van der Waals surface area contributed by atoms with E-state index < -0.39 is 15.9 Å². The molecule has 2 saturated heterocycles. The summed E-state index contributed by atoms with van der Waals surface area (Å²) in [4.78, 5) is 26.1. The molecule has 33 heavy (non-hydrogen) atoms. The third kappa shape index (κ3) is 5.35. The first-order valence-corrected chi connectivity index (χ1v) is 12.3. The monoisotopic (exact) mass is 473 g/mol. The zero-order valence-electron chi connectivity index (χ0n) is 18.5. The number of ether oxygens (including phenoxy) is 2. The fourth-order valence-corrected chi connectivity index (χ4v) is 5.53. The number of anilines is 2. The second-order valence-electron chi connectivity index (χ2n) is 7.98. The molecule has 2 aromatic rings. The Balaban J connectivity index is 1.37. The van der Waals surface area contributed by atoms with Gasteiger partial charge in [0, 0.05) is 37.4 Å². The molecule has 2 aliphatic rings. The fraction of sp³-hybridized carbons (Fsp3) is 0.391. The maximum atomic E-state index is 13.0. The number of nitrogens with zero attached hydrogens (tertiary/aromatic N) is 2. The minimum atomic E-state index is -3.68. The smallest absolute Gasteiger partial charge is 0.262 e. The quantitative estimate of drug-likeness (QED) is 0.661. The molecule has 0 saturated carbocycles. The summed E-state index contributed by atoms with van der Waals surface area (Å²) in [6.07, 6.45) is 1.42. The predicted molar refractivity (Wildman–Crippen MR) is 123 cm³/mol. The number of carbonyl (C=O) groups is 2. The summed E-state index contributed by atoms with van der Waals surface area (Å²) >= 11 is 0. The van der Waals surface area contributed by atoms with E-state index >= 15 is 0 Å². The van der Waals surface area contributed by atoms with Gasteiger partial charge in [-0.2, -0.15) is 4.31 Å². The molecule has 0 aliphatic carbocycles. The Bertz CT molecular complexity index is 1130. The zero-order valence-corrected chi connectivity index (χ0v) is 19.3. The van der Waals surface area contributed by atoms with E-state index in [0.717, 1.165) is 12.1 Å². The molecule has 2 heterocycles. The summed E-state index contributed by atoms with van der Waals surface area (Å²) in [7, 11) is -3.68. The van der Waals surface area contributed by atoms with Crippen LogP contribution in [0.15, 0.2) is 47.4 Å². The first-order valence-electron chi connectivity index (χ1n) is 10.9. The molecule has 0 unspecified atom stereocenters. The number of amides is 2. The van der Waals surface area contributed by atoms with E-state index in [1.807, 2.05) is 0 Å². The predicted octanol–water partition coefficient (Wildman–Crippen LogP) is 2.16. The van der Waals surface area contributed by atoms with Gasteiger partial charge < -0.3 is 19.7 Å². The van der Waals surface area contributed by atoms with Crippen LogP contribution >= 0.6 is 0 Å². The normalized spacial score (nSPS) is 17.2. The number of nitrogens with one attached hydrogen (secondary N) is 1. The average Bonchev–Trinajstić information content (AvgIpc) is 3.25. The first kappa shape index (κ1) is 23.2. The molecule has 9 nitrogen and oxygen atoms in total. The molecular weight excluding hydrogens is 446 g/mol. The fourth-order valence-electron chi connectivity index (χ4n) is 3.87.